The Morgan fingerprint density at radius 2 is 2.19 bits per heavy atom. The minimum absolute atomic E-state index is 0.0290. The summed E-state index contributed by atoms with van der Waals surface area (Å²) in [5.74, 6) is -0.711. The van der Waals surface area contributed by atoms with Crippen LogP contribution in [0, 0.1) is 29.8 Å². The van der Waals surface area contributed by atoms with E-state index in [2.05, 4.69) is 10.3 Å². The fraction of sp³-hybridized carbons (Fsp3) is 0.231. The maximum atomic E-state index is 13.9. The van der Waals surface area contributed by atoms with Crippen LogP contribution in [0.25, 0.3) is 0 Å². The van der Waals surface area contributed by atoms with E-state index in [9.17, 15) is 19.3 Å². The second-order valence-electron chi connectivity index (χ2n) is 4.43. The maximum absolute atomic E-state index is 13.9. The highest BCUT2D eigenvalue weighted by Gasteiger charge is 2.19. The molecule has 0 aliphatic rings. The number of aryl methyl sites for hydroxylation is 2. The first kappa shape index (κ1) is 14.6. The number of rotatable bonds is 4. The zero-order valence-corrected chi connectivity index (χ0v) is 11.3. The first-order valence-electron chi connectivity index (χ1n) is 6.02. The van der Waals surface area contributed by atoms with Gasteiger partial charge < -0.3 is 9.73 Å². The molecule has 0 aliphatic carbocycles. The first-order valence-corrected chi connectivity index (χ1v) is 6.02. The quantitative estimate of drug-likeness (QED) is 0.688. The van der Waals surface area contributed by atoms with Gasteiger partial charge in [-0.1, -0.05) is 0 Å². The molecule has 0 spiro atoms. The van der Waals surface area contributed by atoms with E-state index >= 15 is 0 Å². The van der Waals surface area contributed by atoms with Crippen molar-refractivity contribution < 1.29 is 18.5 Å². The van der Waals surface area contributed by atoms with E-state index in [0.29, 0.717) is 5.76 Å². The van der Waals surface area contributed by atoms with Gasteiger partial charge in [0, 0.05) is 12.1 Å². The van der Waals surface area contributed by atoms with Crippen LogP contribution in [0.3, 0.4) is 0 Å². The Morgan fingerprint density at radius 1 is 1.48 bits per heavy atom. The molecular weight excluding hydrogens is 281 g/mol. The van der Waals surface area contributed by atoms with E-state index in [1.807, 2.05) is 0 Å². The van der Waals surface area contributed by atoms with Gasteiger partial charge in [0.15, 0.2) is 0 Å². The second-order valence-corrected chi connectivity index (χ2v) is 4.43. The highest BCUT2D eigenvalue weighted by atomic mass is 19.1. The van der Waals surface area contributed by atoms with Gasteiger partial charge in [0.05, 0.1) is 23.2 Å². The van der Waals surface area contributed by atoms with Crippen LogP contribution < -0.4 is 5.32 Å². The normalized spacial score (nSPS) is 10.4. The lowest BCUT2D eigenvalue weighted by Crippen LogP contribution is -2.24. The second kappa shape index (κ2) is 5.70. The van der Waals surface area contributed by atoms with Gasteiger partial charge in [-0.05, 0) is 19.4 Å². The molecular formula is C13H12FN3O4. The average molecular weight is 293 g/mol. The lowest BCUT2D eigenvalue weighted by molar-refractivity contribution is -0.385. The predicted octanol–water partition coefficient (Wildman–Crippen LogP) is 2.27. The van der Waals surface area contributed by atoms with Crippen molar-refractivity contribution in [3.63, 3.8) is 0 Å². The summed E-state index contributed by atoms with van der Waals surface area (Å²) in [6.07, 6.45) is 1.49. The van der Waals surface area contributed by atoms with Crippen molar-refractivity contribution in [3.05, 3.63) is 57.0 Å². The minimum Gasteiger partial charge on any atom is -0.444 e. The molecule has 0 atom stereocenters. The van der Waals surface area contributed by atoms with E-state index in [4.69, 9.17) is 4.42 Å². The summed E-state index contributed by atoms with van der Waals surface area (Å²) in [5, 5.41) is 13.2. The van der Waals surface area contributed by atoms with Crippen LogP contribution in [0.2, 0.25) is 0 Å². The number of oxazole rings is 1. The van der Waals surface area contributed by atoms with Crippen molar-refractivity contribution in [3.8, 4) is 0 Å². The van der Waals surface area contributed by atoms with Crippen LogP contribution >= 0.6 is 0 Å². The Morgan fingerprint density at radius 3 is 2.76 bits per heavy atom. The highest BCUT2D eigenvalue weighted by molar-refractivity contribution is 5.95. The van der Waals surface area contributed by atoms with Gasteiger partial charge in [0.1, 0.15) is 11.6 Å². The molecule has 1 N–H and O–H groups in total. The molecule has 1 amide bonds. The van der Waals surface area contributed by atoms with E-state index in [-0.39, 0.29) is 29.2 Å². The van der Waals surface area contributed by atoms with E-state index in [1.54, 1.807) is 6.92 Å². The van der Waals surface area contributed by atoms with Crippen molar-refractivity contribution in [1.82, 2.24) is 10.3 Å². The molecule has 1 heterocycles. The van der Waals surface area contributed by atoms with Crippen molar-refractivity contribution >= 4 is 11.6 Å². The summed E-state index contributed by atoms with van der Waals surface area (Å²) in [6, 6.07) is 1.97. The number of benzene rings is 1. The smallest absolute Gasteiger partial charge is 0.270 e. The SMILES string of the molecule is Cc1cnc(CNC(=O)c2cc([N+](=O)[O-])cc(C)c2F)o1. The lowest BCUT2D eigenvalue weighted by Gasteiger charge is -2.06. The average Bonchev–Trinajstić information content (AvgIpc) is 2.84. The number of halogens is 1. The molecule has 0 bridgehead atoms. The molecule has 8 heteroatoms. The number of amides is 1. The highest BCUT2D eigenvalue weighted by Crippen LogP contribution is 2.21. The van der Waals surface area contributed by atoms with Crippen LogP contribution in [-0.2, 0) is 6.54 Å². The van der Waals surface area contributed by atoms with Crippen LogP contribution in [0.5, 0.6) is 0 Å². The van der Waals surface area contributed by atoms with Crippen LogP contribution in [0.15, 0.2) is 22.7 Å². The molecule has 21 heavy (non-hydrogen) atoms. The number of hydrogen-bond donors (Lipinski definition) is 1. The summed E-state index contributed by atoms with van der Waals surface area (Å²) in [4.78, 5) is 25.9. The summed E-state index contributed by atoms with van der Waals surface area (Å²) in [7, 11) is 0. The number of nitrogens with one attached hydrogen (secondary N) is 1. The van der Waals surface area contributed by atoms with Gasteiger partial charge >= 0.3 is 0 Å². The molecule has 0 fully saturated rings. The number of nitrogens with zero attached hydrogens (tertiary/aromatic N) is 2. The third kappa shape index (κ3) is 3.22. The minimum atomic E-state index is -0.790. The number of carbonyl (C=O) groups excluding carboxylic acids is 1. The fourth-order valence-electron chi connectivity index (χ4n) is 1.76. The molecule has 1 aromatic carbocycles. The fourth-order valence-corrected chi connectivity index (χ4v) is 1.76. The van der Waals surface area contributed by atoms with Gasteiger partial charge in [0.2, 0.25) is 5.89 Å². The van der Waals surface area contributed by atoms with E-state index in [1.165, 1.54) is 13.1 Å². The van der Waals surface area contributed by atoms with Crippen molar-refractivity contribution in [2.45, 2.75) is 20.4 Å². The molecule has 0 unspecified atom stereocenters. The number of non-ortho nitro benzene ring substituents is 1. The van der Waals surface area contributed by atoms with Gasteiger partial charge in [-0.15, -0.1) is 0 Å². The van der Waals surface area contributed by atoms with Gasteiger partial charge in [-0.25, -0.2) is 9.37 Å². The van der Waals surface area contributed by atoms with Gasteiger partial charge in [-0.2, -0.15) is 0 Å². The molecule has 110 valence electrons. The number of nitro benzene ring substituents is 1. The molecule has 2 rings (SSSR count). The van der Waals surface area contributed by atoms with Crippen LogP contribution in [-0.4, -0.2) is 15.8 Å². The maximum Gasteiger partial charge on any atom is 0.270 e. The standard InChI is InChI=1S/C13H12FN3O4/c1-7-3-9(17(19)20)4-10(12(7)14)13(18)16-6-11-15-5-8(2)21-11/h3-5H,6H2,1-2H3,(H,16,18). The third-order valence-corrected chi connectivity index (χ3v) is 2.76. The molecule has 2 aromatic rings. The van der Waals surface area contributed by atoms with Gasteiger partial charge in [-0.3, -0.25) is 14.9 Å². The Hall–Kier alpha value is -2.77. The van der Waals surface area contributed by atoms with Crippen LogP contribution in [0.4, 0.5) is 10.1 Å². The number of aromatic nitrogens is 1. The zero-order chi connectivity index (χ0) is 15.6. The Kier molecular flexibility index (Phi) is 3.97. The molecule has 0 saturated heterocycles. The molecule has 0 radical (unpaired) electrons. The zero-order valence-electron chi connectivity index (χ0n) is 11.3. The van der Waals surface area contributed by atoms with Crippen molar-refractivity contribution in [1.29, 1.82) is 0 Å². The first-order chi connectivity index (χ1) is 9.88. The van der Waals surface area contributed by atoms with Crippen LogP contribution in [0.1, 0.15) is 27.6 Å². The number of hydrogen-bond acceptors (Lipinski definition) is 5. The molecule has 1 aromatic heterocycles. The topological polar surface area (TPSA) is 98.3 Å². The molecule has 0 saturated carbocycles. The van der Waals surface area contributed by atoms with E-state index in [0.717, 1.165) is 12.1 Å². The van der Waals surface area contributed by atoms with E-state index < -0.39 is 16.6 Å². The Balaban J connectivity index is 2.20. The summed E-state index contributed by atoms with van der Waals surface area (Å²) in [5.41, 5.74) is -0.697. The van der Waals surface area contributed by atoms with Gasteiger partial charge in [0.25, 0.3) is 11.6 Å². The summed E-state index contributed by atoms with van der Waals surface area (Å²) in [6.45, 7) is 3.02. The largest absolute Gasteiger partial charge is 0.444 e. The molecule has 7 nitrogen and oxygen atoms in total. The lowest BCUT2D eigenvalue weighted by atomic mass is 10.1. The van der Waals surface area contributed by atoms with Crippen molar-refractivity contribution in [2.75, 3.05) is 0 Å². The third-order valence-electron chi connectivity index (χ3n) is 2.76. The monoisotopic (exact) mass is 293 g/mol. The predicted molar refractivity (Wildman–Crippen MR) is 70.2 cm³/mol. The Labute approximate surface area is 118 Å². The summed E-state index contributed by atoms with van der Waals surface area (Å²) >= 11 is 0. The number of nitro groups is 1. The molecule has 0 aliphatic heterocycles. The summed E-state index contributed by atoms with van der Waals surface area (Å²) < 4.78 is 19.1. The number of carbonyl (C=O) groups is 1. The Bertz CT molecular complexity index is 711. The van der Waals surface area contributed by atoms with Crippen molar-refractivity contribution in [2.24, 2.45) is 0 Å².